The van der Waals surface area contributed by atoms with Crippen molar-refractivity contribution in [2.45, 2.75) is 0 Å². The molecule has 0 amide bonds. The first-order chi connectivity index (χ1) is 14.8. The maximum atomic E-state index is 8.25. The van der Waals surface area contributed by atoms with Crippen LogP contribution in [0.2, 0.25) is 0 Å². The van der Waals surface area contributed by atoms with Gasteiger partial charge in [-0.15, -0.1) is 0 Å². The van der Waals surface area contributed by atoms with Crippen molar-refractivity contribution in [2.75, 3.05) is 0 Å². The standard InChI is InChI=1S/C19H12N4.2NO3.Zn/c1-2-6-15-14(5-1)22-19(23-15)16-10-9-13-8-7-12-4-3-11-20-17(12)18(13)21-16;2*2-1(3)4;/h1-11H,(H,22,23);;;/q;2*-1;+2. The van der Waals surface area contributed by atoms with Crippen molar-refractivity contribution in [2.24, 2.45) is 0 Å². The molecule has 0 aliphatic heterocycles. The third-order valence-electron chi connectivity index (χ3n) is 4.06. The molecular formula is C19H12N6O6Zn. The van der Waals surface area contributed by atoms with Crippen LogP contribution >= 0.6 is 0 Å². The van der Waals surface area contributed by atoms with E-state index in [2.05, 4.69) is 39.2 Å². The fourth-order valence-corrected chi connectivity index (χ4v) is 2.93. The van der Waals surface area contributed by atoms with E-state index in [9.17, 15) is 0 Å². The van der Waals surface area contributed by atoms with Crippen LogP contribution in [0.15, 0.2) is 66.9 Å². The van der Waals surface area contributed by atoms with Crippen LogP contribution in [0.5, 0.6) is 0 Å². The number of benzene rings is 2. The molecule has 0 aliphatic rings. The van der Waals surface area contributed by atoms with Gasteiger partial charge in [0.25, 0.3) is 0 Å². The molecular weight excluding hydrogens is 474 g/mol. The van der Waals surface area contributed by atoms with E-state index in [1.165, 1.54) is 0 Å². The van der Waals surface area contributed by atoms with Gasteiger partial charge in [-0.3, -0.25) is 4.98 Å². The van der Waals surface area contributed by atoms with Crippen molar-refractivity contribution in [3.63, 3.8) is 0 Å². The minimum atomic E-state index is -1.75. The Kier molecular flexibility index (Phi) is 8.02. The van der Waals surface area contributed by atoms with Crippen molar-refractivity contribution in [1.29, 1.82) is 0 Å². The number of aromatic amines is 1. The molecule has 12 nitrogen and oxygen atoms in total. The van der Waals surface area contributed by atoms with Crippen LogP contribution in [-0.4, -0.2) is 30.1 Å². The Balaban J connectivity index is 0.000000354. The van der Waals surface area contributed by atoms with Crippen LogP contribution in [-0.2, 0) is 19.5 Å². The van der Waals surface area contributed by atoms with Gasteiger partial charge in [-0.2, -0.15) is 0 Å². The number of pyridine rings is 2. The first kappa shape index (κ1) is 24.0. The molecule has 32 heavy (non-hydrogen) atoms. The molecule has 0 fully saturated rings. The van der Waals surface area contributed by atoms with Crippen molar-refractivity contribution >= 4 is 32.8 Å². The molecule has 3 aromatic heterocycles. The Morgan fingerprint density at radius 1 is 0.719 bits per heavy atom. The number of hydrogen-bond donors (Lipinski definition) is 1. The van der Waals surface area contributed by atoms with Crippen LogP contribution in [0.4, 0.5) is 0 Å². The molecule has 5 rings (SSSR count). The van der Waals surface area contributed by atoms with Crippen LogP contribution in [0.3, 0.4) is 0 Å². The number of rotatable bonds is 1. The minimum absolute atomic E-state index is 0. The summed E-state index contributed by atoms with van der Waals surface area (Å²) in [4.78, 5) is 33.8. The Morgan fingerprint density at radius 2 is 1.31 bits per heavy atom. The van der Waals surface area contributed by atoms with E-state index < -0.39 is 10.2 Å². The summed E-state index contributed by atoms with van der Waals surface area (Å²) in [6.45, 7) is 0. The van der Waals surface area contributed by atoms with Gasteiger partial charge in [-0.1, -0.05) is 36.4 Å². The molecule has 1 N–H and O–H groups in total. The molecule has 0 bridgehead atoms. The number of nitrogens with one attached hydrogen (secondary N) is 1. The molecule has 5 aromatic rings. The fraction of sp³-hybridized carbons (Fsp3) is 0. The zero-order valence-electron chi connectivity index (χ0n) is 16.2. The second-order valence-corrected chi connectivity index (χ2v) is 5.96. The Bertz CT molecular complexity index is 1340. The number of imidazole rings is 1. The van der Waals surface area contributed by atoms with Gasteiger partial charge < -0.3 is 35.6 Å². The normalized spacial score (nSPS) is 9.75. The van der Waals surface area contributed by atoms with Gasteiger partial charge in [0.2, 0.25) is 0 Å². The summed E-state index contributed by atoms with van der Waals surface area (Å²) in [7, 11) is 0. The maximum Gasteiger partial charge on any atom is 2.00 e. The quantitative estimate of drug-likeness (QED) is 0.159. The number of aromatic nitrogens is 4. The van der Waals surface area contributed by atoms with Gasteiger partial charge in [0.05, 0.1) is 32.2 Å². The summed E-state index contributed by atoms with van der Waals surface area (Å²) in [5.74, 6) is 0.779. The summed E-state index contributed by atoms with van der Waals surface area (Å²) in [5, 5.41) is 31.7. The number of nitrogens with zero attached hydrogens (tertiary/aromatic N) is 5. The Hall–Kier alpha value is -4.25. The summed E-state index contributed by atoms with van der Waals surface area (Å²) < 4.78 is 0. The van der Waals surface area contributed by atoms with Crippen LogP contribution in [0.1, 0.15) is 0 Å². The van der Waals surface area contributed by atoms with E-state index in [1.807, 2.05) is 36.4 Å². The second-order valence-electron chi connectivity index (χ2n) is 5.96. The average Bonchev–Trinajstić information content (AvgIpc) is 3.17. The van der Waals surface area contributed by atoms with Gasteiger partial charge in [0, 0.05) is 17.0 Å². The van der Waals surface area contributed by atoms with Crippen LogP contribution in [0, 0.1) is 30.6 Å². The summed E-state index contributed by atoms with van der Waals surface area (Å²) in [6, 6.07) is 20.2. The molecule has 0 radical (unpaired) electrons. The smallest absolute Gasteiger partial charge is 0.356 e. The average molecular weight is 486 g/mol. The summed E-state index contributed by atoms with van der Waals surface area (Å²) >= 11 is 0. The fourth-order valence-electron chi connectivity index (χ4n) is 2.93. The molecule has 0 spiro atoms. The number of fused-ring (bicyclic) bond motifs is 4. The largest absolute Gasteiger partial charge is 2.00 e. The zero-order valence-corrected chi connectivity index (χ0v) is 19.2. The van der Waals surface area contributed by atoms with Crippen LogP contribution < -0.4 is 0 Å². The summed E-state index contributed by atoms with van der Waals surface area (Å²) in [6.07, 6.45) is 1.80. The van der Waals surface area contributed by atoms with Gasteiger partial charge in [0.15, 0.2) is 5.82 Å². The van der Waals surface area contributed by atoms with Gasteiger partial charge in [0.1, 0.15) is 5.69 Å². The van der Waals surface area contributed by atoms with E-state index in [1.54, 1.807) is 6.20 Å². The first-order valence-electron chi connectivity index (χ1n) is 8.58. The first-order valence-corrected chi connectivity index (χ1v) is 8.58. The number of hydrogen-bond acceptors (Lipinski definition) is 9. The molecule has 13 heteroatoms. The maximum absolute atomic E-state index is 8.25. The molecule has 0 aliphatic carbocycles. The van der Waals surface area contributed by atoms with Crippen molar-refractivity contribution in [3.8, 4) is 11.5 Å². The minimum Gasteiger partial charge on any atom is -0.356 e. The molecule has 0 saturated heterocycles. The van der Waals surface area contributed by atoms with E-state index in [-0.39, 0.29) is 19.5 Å². The Morgan fingerprint density at radius 3 is 1.97 bits per heavy atom. The molecule has 0 unspecified atom stereocenters. The summed E-state index contributed by atoms with van der Waals surface area (Å²) in [5.41, 5.74) is 4.61. The number of H-pyrrole nitrogens is 1. The SMILES string of the molecule is O=[N+]([O-])[O-].O=[N+]([O-])[O-].[Zn+2].c1cnc2c(c1)ccc1ccc(-c3nc4ccccc4[nH]3)nc12. The molecule has 3 heterocycles. The predicted molar refractivity (Wildman–Crippen MR) is 113 cm³/mol. The Labute approximate surface area is 191 Å². The van der Waals surface area contributed by atoms with Gasteiger partial charge in [-0.25, -0.2) is 9.97 Å². The van der Waals surface area contributed by atoms with Gasteiger partial charge in [-0.05, 0) is 24.3 Å². The van der Waals surface area contributed by atoms with E-state index >= 15 is 0 Å². The van der Waals surface area contributed by atoms with E-state index in [0.717, 1.165) is 44.4 Å². The predicted octanol–water partition coefficient (Wildman–Crippen LogP) is 3.85. The van der Waals surface area contributed by atoms with Crippen LogP contribution in [0.25, 0.3) is 44.4 Å². The monoisotopic (exact) mass is 484 g/mol. The van der Waals surface area contributed by atoms with E-state index in [0.29, 0.717) is 0 Å². The molecule has 0 saturated carbocycles. The topological polar surface area (TPSA) is 187 Å². The number of para-hydroxylation sites is 2. The van der Waals surface area contributed by atoms with Gasteiger partial charge >= 0.3 is 19.5 Å². The van der Waals surface area contributed by atoms with Crippen molar-refractivity contribution in [3.05, 3.63) is 97.5 Å². The second kappa shape index (κ2) is 10.7. The van der Waals surface area contributed by atoms with Crippen molar-refractivity contribution in [1.82, 2.24) is 19.9 Å². The third-order valence-corrected chi connectivity index (χ3v) is 4.06. The van der Waals surface area contributed by atoms with Crippen molar-refractivity contribution < 1.29 is 29.7 Å². The zero-order chi connectivity index (χ0) is 22.4. The van der Waals surface area contributed by atoms with E-state index in [4.69, 9.17) is 35.6 Å². The molecule has 0 atom stereocenters. The third kappa shape index (κ3) is 5.89. The molecule has 2 aromatic carbocycles. The molecule has 156 valence electrons.